The molecule has 0 aromatic rings. The molecule has 0 aliphatic heterocycles. The second kappa shape index (κ2) is 7.06. The standard InChI is InChI=1S/C10H17F3N2O.ClH/c11-10(12,13)8-3-1-2-7(6-8)9(16)15-5-4-14;/h7-8H,1-6,14H2,(H,15,16);1H. The van der Waals surface area contributed by atoms with E-state index in [4.69, 9.17) is 5.73 Å². The molecule has 3 nitrogen and oxygen atoms in total. The van der Waals surface area contributed by atoms with Crippen molar-refractivity contribution in [2.45, 2.75) is 31.9 Å². The molecule has 0 bridgehead atoms. The van der Waals surface area contributed by atoms with Gasteiger partial charge in [-0.2, -0.15) is 13.2 Å². The van der Waals surface area contributed by atoms with Crippen LogP contribution >= 0.6 is 12.4 Å². The van der Waals surface area contributed by atoms with Gasteiger partial charge in [0.1, 0.15) is 0 Å². The molecule has 1 amide bonds. The minimum absolute atomic E-state index is 0. The zero-order valence-corrected chi connectivity index (χ0v) is 10.2. The molecular formula is C10H18ClF3N2O. The molecule has 0 spiro atoms. The summed E-state index contributed by atoms with van der Waals surface area (Å²) in [6.45, 7) is 0.632. The van der Waals surface area contributed by atoms with E-state index < -0.39 is 18.0 Å². The molecule has 0 radical (unpaired) electrons. The summed E-state index contributed by atoms with van der Waals surface area (Å²) in [6.07, 6.45) is -3.11. The van der Waals surface area contributed by atoms with Crippen molar-refractivity contribution in [2.75, 3.05) is 13.1 Å². The molecule has 1 aliphatic rings. The van der Waals surface area contributed by atoms with Gasteiger partial charge in [-0.25, -0.2) is 0 Å². The Balaban J connectivity index is 0.00000256. The van der Waals surface area contributed by atoms with Crippen LogP contribution in [-0.2, 0) is 4.79 Å². The second-order valence-corrected chi connectivity index (χ2v) is 4.18. The number of nitrogens with two attached hydrogens (primary N) is 1. The van der Waals surface area contributed by atoms with E-state index >= 15 is 0 Å². The molecule has 3 N–H and O–H groups in total. The lowest BCUT2D eigenvalue weighted by atomic mass is 9.80. The number of alkyl halides is 3. The highest BCUT2D eigenvalue weighted by atomic mass is 35.5. The van der Waals surface area contributed by atoms with Crippen molar-refractivity contribution in [1.29, 1.82) is 0 Å². The van der Waals surface area contributed by atoms with Gasteiger partial charge in [0.05, 0.1) is 5.92 Å². The highest BCUT2D eigenvalue weighted by molar-refractivity contribution is 5.85. The molecule has 1 fully saturated rings. The van der Waals surface area contributed by atoms with Gasteiger partial charge in [0.25, 0.3) is 0 Å². The Morgan fingerprint density at radius 2 is 2.00 bits per heavy atom. The summed E-state index contributed by atoms with van der Waals surface area (Å²) >= 11 is 0. The summed E-state index contributed by atoms with van der Waals surface area (Å²) in [5.41, 5.74) is 5.21. The van der Waals surface area contributed by atoms with E-state index in [1.807, 2.05) is 0 Å². The minimum atomic E-state index is -4.17. The third-order valence-corrected chi connectivity index (χ3v) is 2.95. The lowest BCUT2D eigenvalue weighted by molar-refractivity contribution is -0.186. The van der Waals surface area contributed by atoms with E-state index in [1.54, 1.807) is 0 Å². The summed E-state index contributed by atoms with van der Waals surface area (Å²) in [4.78, 5) is 11.5. The average molecular weight is 275 g/mol. The molecule has 7 heteroatoms. The van der Waals surface area contributed by atoms with Crippen LogP contribution in [0.2, 0.25) is 0 Å². The van der Waals surface area contributed by atoms with Gasteiger partial charge in [0.2, 0.25) is 5.91 Å². The highest BCUT2D eigenvalue weighted by Crippen LogP contribution is 2.39. The Bertz CT molecular complexity index is 248. The number of hydrogen-bond donors (Lipinski definition) is 2. The van der Waals surface area contributed by atoms with E-state index in [1.165, 1.54) is 0 Å². The Kier molecular flexibility index (Phi) is 6.85. The van der Waals surface area contributed by atoms with E-state index in [-0.39, 0.29) is 31.2 Å². The Hall–Kier alpha value is -0.490. The van der Waals surface area contributed by atoms with E-state index in [9.17, 15) is 18.0 Å². The first-order valence-electron chi connectivity index (χ1n) is 5.49. The SMILES string of the molecule is Cl.NCCNC(=O)C1CCCC(C(F)(F)F)C1. The molecule has 102 valence electrons. The second-order valence-electron chi connectivity index (χ2n) is 4.18. The van der Waals surface area contributed by atoms with Gasteiger partial charge in [-0.3, -0.25) is 4.79 Å². The van der Waals surface area contributed by atoms with Gasteiger partial charge in [-0.05, 0) is 19.3 Å². The zero-order valence-electron chi connectivity index (χ0n) is 9.43. The van der Waals surface area contributed by atoms with Crippen LogP contribution in [0, 0.1) is 11.8 Å². The summed E-state index contributed by atoms with van der Waals surface area (Å²) in [7, 11) is 0. The van der Waals surface area contributed by atoms with Crippen molar-refractivity contribution in [2.24, 2.45) is 17.6 Å². The number of carbonyl (C=O) groups excluding carboxylic acids is 1. The summed E-state index contributed by atoms with van der Waals surface area (Å²) < 4.78 is 37.4. The van der Waals surface area contributed by atoms with E-state index in [0.717, 1.165) is 0 Å². The van der Waals surface area contributed by atoms with Gasteiger partial charge in [0, 0.05) is 19.0 Å². The monoisotopic (exact) mass is 274 g/mol. The van der Waals surface area contributed by atoms with Crippen molar-refractivity contribution in [3.05, 3.63) is 0 Å². The average Bonchev–Trinajstić information content (AvgIpc) is 2.25. The predicted molar refractivity (Wildman–Crippen MR) is 60.8 cm³/mol. The van der Waals surface area contributed by atoms with Crippen LogP contribution in [0.3, 0.4) is 0 Å². The third kappa shape index (κ3) is 5.12. The molecular weight excluding hydrogens is 257 g/mol. The van der Waals surface area contributed by atoms with Gasteiger partial charge in [-0.15, -0.1) is 12.4 Å². The summed E-state index contributed by atoms with van der Waals surface area (Å²) in [5, 5.41) is 2.54. The summed E-state index contributed by atoms with van der Waals surface area (Å²) in [6, 6.07) is 0. The van der Waals surface area contributed by atoms with Crippen molar-refractivity contribution >= 4 is 18.3 Å². The molecule has 1 rings (SSSR count). The maximum atomic E-state index is 12.5. The van der Waals surface area contributed by atoms with Crippen molar-refractivity contribution < 1.29 is 18.0 Å². The number of hydrogen-bond acceptors (Lipinski definition) is 2. The molecule has 0 aromatic carbocycles. The summed E-state index contributed by atoms with van der Waals surface area (Å²) in [5.74, 6) is -2.12. The van der Waals surface area contributed by atoms with Crippen molar-refractivity contribution in [1.82, 2.24) is 5.32 Å². The van der Waals surface area contributed by atoms with Gasteiger partial charge in [0.15, 0.2) is 0 Å². The van der Waals surface area contributed by atoms with Gasteiger partial charge in [-0.1, -0.05) is 6.42 Å². The van der Waals surface area contributed by atoms with Crippen molar-refractivity contribution in [3.8, 4) is 0 Å². The number of amides is 1. The van der Waals surface area contributed by atoms with Crippen LogP contribution < -0.4 is 11.1 Å². The Morgan fingerprint density at radius 1 is 1.35 bits per heavy atom. The molecule has 2 atom stereocenters. The molecule has 0 heterocycles. The van der Waals surface area contributed by atoms with E-state index in [0.29, 0.717) is 25.9 Å². The molecule has 2 unspecified atom stereocenters. The van der Waals surface area contributed by atoms with Crippen LogP contribution in [0.15, 0.2) is 0 Å². The van der Waals surface area contributed by atoms with Crippen molar-refractivity contribution in [3.63, 3.8) is 0 Å². The fraction of sp³-hybridized carbons (Fsp3) is 0.900. The van der Waals surface area contributed by atoms with Crippen LogP contribution in [0.25, 0.3) is 0 Å². The lowest BCUT2D eigenvalue weighted by Crippen LogP contribution is -2.39. The van der Waals surface area contributed by atoms with Crippen LogP contribution in [0.1, 0.15) is 25.7 Å². The molecule has 1 saturated carbocycles. The smallest absolute Gasteiger partial charge is 0.355 e. The largest absolute Gasteiger partial charge is 0.391 e. The maximum absolute atomic E-state index is 12.5. The maximum Gasteiger partial charge on any atom is 0.391 e. The molecule has 0 saturated heterocycles. The topological polar surface area (TPSA) is 55.1 Å². The van der Waals surface area contributed by atoms with E-state index in [2.05, 4.69) is 5.32 Å². The molecule has 17 heavy (non-hydrogen) atoms. The Labute approximate surface area is 105 Å². The first-order chi connectivity index (χ1) is 7.45. The lowest BCUT2D eigenvalue weighted by Gasteiger charge is -2.29. The van der Waals surface area contributed by atoms with Crippen LogP contribution in [0.5, 0.6) is 0 Å². The fourth-order valence-corrected chi connectivity index (χ4v) is 2.06. The molecule has 0 aromatic heterocycles. The molecule has 1 aliphatic carbocycles. The first kappa shape index (κ1) is 16.5. The highest BCUT2D eigenvalue weighted by Gasteiger charge is 2.43. The number of rotatable bonds is 3. The van der Waals surface area contributed by atoms with Crippen LogP contribution in [0.4, 0.5) is 13.2 Å². The minimum Gasteiger partial charge on any atom is -0.355 e. The number of carbonyl (C=O) groups is 1. The quantitative estimate of drug-likeness (QED) is 0.825. The Morgan fingerprint density at radius 3 is 2.53 bits per heavy atom. The number of halogens is 4. The normalized spacial score (nSPS) is 24.9. The van der Waals surface area contributed by atoms with Gasteiger partial charge < -0.3 is 11.1 Å². The van der Waals surface area contributed by atoms with Crippen LogP contribution in [-0.4, -0.2) is 25.2 Å². The predicted octanol–water partition coefficient (Wildman–Crippen LogP) is 1.85. The zero-order chi connectivity index (χ0) is 12.2. The first-order valence-corrected chi connectivity index (χ1v) is 5.49. The third-order valence-electron chi connectivity index (χ3n) is 2.95. The number of nitrogens with one attached hydrogen (secondary N) is 1. The fourth-order valence-electron chi connectivity index (χ4n) is 2.06. The van der Waals surface area contributed by atoms with Gasteiger partial charge >= 0.3 is 6.18 Å².